The van der Waals surface area contributed by atoms with Crippen molar-refractivity contribution < 1.29 is 4.79 Å². The number of imidazole rings is 1. The molecular weight excluding hydrogens is 290 g/mol. The highest BCUT2D eigenvalue weighted by molar-refractivity contribution is 5.78. The predicted octanol–water partition coefficient (Wildman–Crippen LogP) is 1.82. The van der Waals surface area contributed by atoms with E-state index in [-0.39, 0.29) is 11.9 Å². The molecule has 3 rings (SSSR count). The normalized spacial score (nSPS) is 12.0. The zero-order valence-electron chi connectivity index (χ0n) is 13.0. The van der Waals surface area contributed by atoms with Gasteiger partial charge in [-0.3, -0.25) is 4.79 Å². The second kappa shape index (κ2) is 6.91. The summed E-state index contributed by atoms with van der Waals surface area (Å²) in [6.45, 7) is 2.70. The van der Waals surface area contributed by atoms with Crippen molar-refractivity contribution in [1.29, 1.82) is 0 Å². The summed E-state index contributed by atoms with van der Waals surface area (Å²) in [5.74, 6) is 0.0180. The summed E-state index contributed by atoms with van der Waals surface area (Å²) in [4.78, 5) is 16.1. The van der Waals surface area contributed by atoms with Crippen molar-refractivity contribution >= 4 is 5.91 Å². The molecule has 2 aromatic heterocycles. The van der Waals surface area contributed by atoms with Gasteiger partial charge in [0.2, 0.25) is 5.91 Å². The van der Waals surface area contributed by atoms with Crippen LogP contribution in [0.3, 0.4) is 0 Å². The third-order valence-corrected chi connectivity index (χ3v) is 3.52. The third-order valence-electron chi connectivity index (χ3n) is 3.52. The predicted molar refractivity (Wildman–Crippen MR) is 87.1 cm³/mol. The zero-order chi connectivity index (χ0) is 16.1. The van der Waals surface area contributed by atoms with Crippen molar-refractivity contribution in [2.75, 3.05) is 0 Å². The SMILES string of the molecule is C[C@@H](Cn1ccnc1)NC(=O)Cc1ccc(-n2cccn2)cc1. The topological polar surface area (TPSA) is 64.7 Å². The molecule has 0 unspecified atom stereocenters. The average Bonchev–Trinajstić information content (AvgIpc) is 3.20. The summed E-state index contributed by atoms with van der Waals surface area (Å²) in [6.07, 6.45) is 9.36. The number of carbonyl (C=O) groups is 1. The van der Waals surface area contributed by atoms with Gasteiger partial charge in [-0.1, -0.05) is 12.1 Å². The molecular formula is C17H19N5O. The molecule has 2 heterocycles. The first-order valence-electron chi connectivity index (χ1n) is 7.55. The lowest BCUT2D eigenvalue weighted by atomic mass is 10.1. The van der Waals surface area contributed by atoms with Crippen LogP contribution in [0.4, 0.5) is 0 Å². The molecule has 1 atom stereocenters. The number of nitrogens with zero attached hydrogens (tertiary/aromatic N) is 4. The number of hydrogen-bond donors (Lipinski definition) is 1. The van der Waals surface area contributed by atoms with E-state index in [4.69, 9.17) is 0 Å². The van der Waals surface area contributed by atoms with E-state index in [9.17, 15) is 4.79 Å². The molecule has 0 radical (unpaired) electrons. The lowest BCUT2D eigenvalue weighted by Crippen LogP contribution is -2.36. The van der Waals surface area contributed by atoms with Gasteiger partial charge in [-0.05, 0) is 30.7 Å². The lowest BCUT2D eigenvalue weighted by Gasteiger charge is -2.14. The maximum atomic E-state index is 12.1. The van der Waals surface area contributed by atoms with Gasteiger partial charge in [0.15, 0.2) is 0 Å². The number of rotatable bonds is 6. The first-order chi connectivity index (χ1) is 11.2. The van der Waals surface area contributed by atoms with Gasteiger partial charge < -0.3 is 9.88 Å². The smallest absolute Gasteiger partial charge is 0.224 e. The number of nitrogens with one attached hydrogen (secondary N) is 1. The van der Waals surface area contributed by atoms with Crippen LogP contribution in [0.15, 0.2) is 61.4 Å². The maximum Gasteiger partial charge on any atom is 0.224 e. The van der Waals surface area contributed by atoms with Gasteiger partial charge in [0.1, 0.15) is 0 Å². The molecule has 6 nitrogen and oxygen atoms in total. The highest BCUT2D eigenvalue weighted by atomic mass is 16.1. The number of amides is 1. The van der Waals surface area contributed by atoms with E-state index in [1.807, 2.05) is 54.2 Å². The molecule has 1 amide bonds. The van der Waals surface area contributed by atoms with Crippen molar-refractivity contribution in [2.45, 2.75) is 25.9 Å². The summed E-state index contributed by atoms with van der Waals surface area (Å²) < 4.78 is 3.74. The fourth-order valence-electron chi connectivity index (χ4n) is 2.46. The fraction of sp³-hybridized carbons (Fsp3) is 0.235. The van der Waals surface area contributed by atoms with Crippen molar-refractivity contribution in [3.05, 3.63) is 67.0 Å². The summed E-state index contributed by atoms with van der Waals surface area (Å²) in [5.41, 5.74) is 1.96. The molecule has 118 valence electrons. The molecule has 0 saturated carbocycles. The highest BCUT2D eigenvalue weighted by Crippen LogP contribution is 2.09. The Labute approximate surface area is 134 Å². The van der Waals surface area contributed by atoms with Gasteiger partial charge in [0, 0.05) is 37.4 Å². The van der Waals surface area contributed by atoms with E-state index in [1.165, 1.54) is 0 Å². The standard InChI is InChI=1S/C17H19N5O/c1-14(12-21-10-8-18-13-21)20-17(23)11-15-3-5-16(6-4-15)22-9-2-7-19-22/h2-10,13-14H,11-12H2,1H3,(H,20,23)/t14-/m0/s1. The maximum absolute atomic E-state index is 12.1. The number of benzene rings is 1. The second-order valence-corrected chi connectivity index (χ2v) is 5.52. The average molecular weight is 309 g/mol. The molecule has 0 aliphatic rings. The molecule has 0 aliphatic carbocycles. The van der Waals surface area contributed by atoms with E-state index in [0.717, 1.165) is 11.3 Å². The zero-order valence-corrected chi connectivity index (χ0v) is 13.0. The van der Waals surface area contributed by atoms with Crippen LogP contribution in [0, 0.1) is 0 Å². The minimum absolute atomic E-state index is 0.0180. The largest absolute Gasteiger partial charge is 0.352 e. The van der Waals surface area contributed by atoms with Crippen molar-refractivity contribution in [1.82, 2.24) is 24.6 Å². The molecule has 0 aliphatic heterocycles. The Kier molecular flexibility index (Phi) is 4.52. The van der Waals surface area contributed by atoms with Gasteiger partial charge >= 0.3 is 0 Å². The number of hydrogen-bond acceptors (Lipinski definition) is 3. The molecule has 1 N–H and O–H groups in total. The Morgan fingerprint density at radius 2 is 2.04 bits per heavy atom. The van der Waals surface area contributed by atoms with E-state index in [1.54, 1.807) is 23.4 Å². The molecule has 1 aromatic carbocycles. The van der Waals surface area contributed by atoms with Gasteiger partial charge in [-0.15, -0.1) is 0 Å². The lowest BCUT2D eigenvalue weighted by molar-refractivity contribution is -0.121. The molecule has 6 heteroatoms. The monoisotopic (exact) mass is 309 g/mol. The molecule has 0 spiro atoms. The van der Waals surface area contributed by atoms with Gasteiger partial charge in [0.25, 0.3) is 0 Å². The van der Waals surface area contributed by atoms with E-state index in [2.05, 4.69) is 15.4 Å². The van der Waals surface area contributed by atoms with Crippen LogP contribution in [0.25, 0.3) is 5.69 Å². The van der Waals surface area contributed by atoms with Crippen LogP contribution in [-0.2, 0) is 17.8 Å². The Morgan fingerprint density at radius 1 is 1.22 bits per heavy atom. The van der Waals surface area contributed by atoms with Crippen LogP contribution >= 0.6 is 0 Å². The van der Waals surface area contributed by atoms with Crippen molar-refractivity contribution in [3.63, 3.8) is 0 Å². The molecule has 3 aromatic rings. The Hall–Kier alpha value is -2.89. The number of carbonyl (C=O) groups excluding carboxylic acids is 1. The first-order valence-corrected chi connectivity index (χ1v) is 7.55. The third kappa shape index (κ3) is 4.06. The van der Waals surface area contributed by atoms with Crippen LogP contribution in [0.5, 0.6) is 0 Å². The minimum Gasteiger partial charge on any atom is -0.352 e. The fourth-order valence-corrected chi connectivity index (χ4v) is 2.46. The quantitative estimate of drug-likeness (QED) is 0.755. The van der Waals surface area contributed by atoms with E-state index in [0.29, 0.717) is 13.0 Å². The highest BCUT2D eigenvalue weighted by Gasteiger charge is 2.09. The van der Waals surface area contributed by atoms with Gasteiger partial charge in [-0.2, -0.15) is 5.10 Å². The Bertz CT molecular complexity index is 732. The summed E-state index contributed by atoms with van der Waals surface area (Å²) in [5, 5.41) is 7.19. The van der Waals surface area contributed by atoms with Crippen LogP contribution < -0.4 is 5.32 Å². The van der Waals surface area contributed by atoms with Crippen LogP contribution in [0.2, 0.25) is 0 Å². The first kappa shape index (κ1) is 15.0. The van der Waals surface area contributed by atoms with Crippen LogP contribution in [0.1, 0.15) is 12.5 Å². The van der Waals surface area contributed by atoms with Crippen molar-refractivity contribution in [3.8, 4) is 5.69 Å². The molecule has 23 heavy (non-hydrogen) atoms. The summed E-state index contributed by atoms with van der Waals surface area (Å²) in [7, 11) is 0. The summed E-state index contributed by atoms with van der Waals surface area (Å²) in [6, 6.07) is 9.77. The Morgan fingerprint density at radius 3 is 2.70 bits per heavy atom. The molecule has 0 fully saturated rings. The van der Waals surface area contributed by atoms with Crippen molar-refractivity contribution in [2.24, 2.45) is 0 Å². The molecule has 0 saturated heterocycles. The van der Waals surface area contributed by atoms with Gasteiger partial charge in [-0.25, -0.2) is 9.67 Å². The Balaban J connectivity index is 1.53. The van der Waals surface area contributed by atoms with Gasteiger partial charge in [0.05, 0.1) is 18.4 Å². The number of aromatic nitrogens is 4. The second-order valence-electron chi connectivity index (χ2n) is 5.52. The van der Waals surface area contributed by atoms with Crippen LogP contribution in [-0.4, -0.2) is 31.3 Å². The van der Waals surface area contributed by atoms with E-state index >= 15 is 0 Å². The molecule has 0 bridgehead atoms. The minimum atomic E-state index is 0.0180. The van der Waals surface area contributed by atoms with E-state index < -0.39 is 0 Å². The summed E-state index contributed by atoms with van der Waals surface area (Å²) >= 11 is 0.